The molecule has 30 heavy (non-hydrogen) atoms. The molecule has 1 aliphatic rings. The van der Waals surface area contributed by atoms with E-state index in [2.05, 4.69) is 25.3 Å². The van der Waals surface area contributed by atoms with Gasteiger partial charge in [-0.05, 0) is 31.9 Å². The zero-order valence-corrected chi connectivity index (χ0v) is 16.4. The number of nitrogens with one attached hydrogen (secondary N) is 1. The fraction of sp³-hybridized carbons (Fsp3) is 0.227. The SMILES string of the molecule is Cc1[nH]nc(-c2ccccc2)c1C(=O)N1CCC[C@H]1c1nc(-c2ccncc2)no1. The first-order valence-corrected chi connectivity index (χ1v) is 9.87. The Balaban J connectivity index is 1.46. The number of pyridine rings is 1. The van der Waals surface area contributed by atoms with Crippen molar-refractivity contribution in [1.82, 2.24) is 30.2 Å². The Labute approximate surface area is 173 Å². The molecule has 4 heterocycles. The minimum absolute atomic E-state index is 0.0775. The summed E-state index contributed by atoms with van der Waals surface area (Å²) in [6, 6.07) is 13.1. The number of carbonyl (C=O) groups excluding carboxylic acids is 1. The molecule has 1 amide bonds. The highest BCUT2D eigenvalue weighted by atomic mass is 16.5. The lowest BCUT2D eigenvalue weighted by atomic mass is 10.0. The highest BCUT2D eigenvalue weighted by Gasteiger charge is 2.36. The molecule has 1 atom stereocenters. The van der Waals surface area contributed by atoms with Gasteiger partial charge in [-0.15, -0.1) is 0 Å². The molecule has 8 nitrogen and oxygen atoms in total. The third-order valence-electron chi connectivity index (χ3n) is 5.39. The van der Waals surface area contributed by atoms with E-state index in [1.165, 1.54) is 0 Å². The van der Waals surface area contributed by atoms with Crippen LogP contribution in [0.3, 0.4) is 0 Å². The van der Waals surface area contributed by atoms with E-state index >= 15 is 0 Å². The van der Waals surface area contributed by atoms with E-state index in [4.69, 9.17) is 4.52 Å². The van der Waals surface area contributed by atoms with Crippen molar-refractivity contribution in [1.29, 1.82) is 0 Å². The molecule has 0 unspecified atom stereocenters. The first-order valence-electron chi connectivity index (χ1n) is 9.87. The second-order valence-electron chi connectivity index (χ2n) is 7.29. The Morgan fingerprint density at radius 1 is 1.13 bits per heavy atom. The Bertz CT molecular complexity index is 1170. The lowest BCUT2D eigenvalue weighted by Crippen LogP contribution is -2.31. The Kier molecular flexibility index (Phi) is 4.59. The van der Waals surface area contributed by atoms with Crippen LogP contribution in [0.15, 0.2) is 59.4 Å². The average Bonchev–Trinajstić information content (AvgIpc) is 3.53. The predicted molar refractivity (Wildman–Crippen MR) is 109 cm³/mol. The number of hydrogen-bond donors (Lipinski definition) is 1. The van der Waals surface area contributed by atoms with E-state index in [0.717, 1.165) is 29.7 Å². The van der Waals surface area contributed by atoms with Gasteiger partial charge in [-0.1, -0.05) is 35.5 Å². The van der Waals surface area contributed by atoms with Crippen LogP contribution < -0.4 is 0 Å². The maximum Gasteiger partial charge on any atom is 0.258 e. The number of nitrogens with zero attached hydrogens (tertiary/aromatic N) is 5. The van der Waals surface area contributed by atoms with Gasteiger partial charge in [-0.25, -0.2) is 0 Å². The molecule has 0 bridgehead atoms. The van der Waals surface area contributed by atoms with Gasteiger partial charge in [0.25, 0.3) is 5.91 Å². The molecule has 1 fully saturated rings. The van der Waals surface area contributed by atoms with Gasteiger partial charge in [0.05, 0.1) is 5.56 Å². The van der Waals surface area contributed by atoms with Gasteiger partial charge in [0.2, 0.25) is 11.7 Å². The second kappa shape index (κ2) is 7.55. The van der Waals surface area contributed by atoms with Gasteiger partial charge in [0.15, 0.2) is 0 Å². The summed E-state index contributed by atoms with van der Waals surface area (Å²) in [6.45, 7) is 2.50. The number of aryl methyl sites for hydroxylation is 1. The summed E-state index contributed by atoms with van der Waals surface area (Å²) in [5.41, 5.74) is 3.72. The summed E-state index contributed by atoms with van der Waals surface area (Å²) in [6.07, 6.45) is 5.02. The topological polar surface area (TPSA) is 101 Å². The summed E-state index contributed by atoms with van der Waals surface area (Å²) >= 11 is 0. The fourth-order valence-corrected chi connectivity index (χ4v) is 3.89. The highest BCUT2D eigenvalue weighted by molar-refractivity contribution is 6.01. The summed E-state index contributed by atoms with van der Waals surface area (Å²) in [4.78, 5) is 23.9. The standard InChI is InChI=1S/C22H20N6O2/c1-14-18(19(26-25-14)15-6-3-2-4-7-15)22(29)28-13-5-8-17(28)21-24-20(27-30-21)16-9-11-23-12-10-16/h2-4,6-7,9-12,17H,5,8,13H2,1H3,(H,25,26)/t17-/m0/s1. The molecule has 150 valence electrons. The van der Waals surface area contributed by atoms with Crippen molar-refractivity contribution < 1.29 is 9.32 Å². The molecular formula is C22H20N6O2. The smallest absolute Gasteiger partial charge is 0.258 e. The summed E-state index contributed by atoms with van der Waals surface area (Å²) in [5, 5.41) is 11.5. The predicted octanol–water partition coefficient (Wildman–Crippen LogP) is 3.81. The molecule has 0 aliphatic carbocycles. The molecule has 0 saturated carbocycles. The van der Waals surface area contributed by atoms with Crippen LogP contribution in [0.1, 0.15) is 40.8 Å². The van der Waals surface area contributed by atoms with E-state index in [9.17, 15) is 4.79 Å². The number of amides is 1. The van der Waals surface area contributed by atoms with Gasteiger partial charge in [0.1, 0.15) is 11.7 Å². The number of rotatable bonds is 4. The maximum absolute atomic E-state index is 13.6. The van der Waals surface area contributed by atoms with Gasteiger partial charge >= 0.3 is 0 Å². The second-order valence-corrected chi connectivity index (χ2v) is 7.29. The van der Waals surface area contributed by atoms with Crippen LogP contribution in [-0.2, 0) is 0 Å². The third-order valence-corrected chi connectivity index (χ3v) is 5.39. The molecule has 5 rings (SSSR count). The number of hydrogen-bond acceptors (Lipinski definition) is 6. The molecule has 1 aliphatic heterocycles. The van der Waals surface area contributed by atoms with Crippen LogP contribution in [0, 0.1) is 6.92 Å². The molecule has 1 saturated heterocycles. The van der Waals surface area contributed by atoms with Gasteiger partial charge in [-0.3, -0.25) is 14.9 Å². The summed E-state index contributed by atoms with van der Waals surface area (Å²) in [5.74, 6) is 0.873. The quantitative estimate of drug-likeness (QED) is 0.559. The summed E-state index contributed by atoms with van der Waals surface area (Å²) < 4.78 is 5.55. The monoisotopic (exact) mass is 400 g/mol. The van der Waals surface area contributed by atoms with E-state index < -0.39 is 0 Å². The number of likely N-dealkylation sites (tertiary alicyclic amines) is 1. The number of H-pyrrole nitrogens is 1. The molecule has 8 heteroatoms. The first kappa shape index (κ1) is 18.2. The lowest BCUT2D eigenvalue weighted by molar-refractivity contribution is 0.0710. The van der Waals surface area contributed by atoms with Crippen LogP contribution >= 0.6 is 0 Å². The highest BCUT2D eigenvalue weighted by Crippen LogP contribution is 2.35. The summed E-state index contributed by atoms with van der Waals surface area (Å²) in [7, 11) is 0. The van der Waals surface area contributed by atoms with Crippen molar-refractivity contribution in [3.8, 4) is 22.6 Å². The van der Waals surface area contributed by atoms with E-state index in [1.54, 1.807) is 12.4 Å². The largest absolute Gasteiger partial charge is 0.337 e. The molecule has 1 N–H and O–H groups in total. The Morgan fingerprint density at radius 2 is 1.93 bits per heavy atom. The van der Waals surface area contributed by atoms with Crippen LogP contribution in [-0.4, -0.2) is 42.7 Å². The molecule has 4 aromatic rings. The van der Waals surface area contributed by atoms with Crippen molar-refractivity contribution in [3.05, 3.63) is 72.0 Å². The first-order chi connectivity index (χ1) is 14.7. The van der Waals surface area contributed by atoms with Crippen molar-refractivity contribution >= 4 is 5.91 Å². The Hall–Kier alpha value is -3.81. The Morgan fingerprint density at radius 3 is 2.73 bits per heavy atom. The normalized spacial score (nSPS) is 16.2. The number of aromatic nitrogens is 5. The van der Waals surface area contributed by atoms with Crippen molar-refractivity contribution in [2.75, 3.05) is 6.54 Å². The minimum atomic E-state index is -0.251. The zero-order valence-electron chi connectivity index (χ0n) is 16.4. The van der Waals surface area contributed by atoms with Crippen LogP contribution in [0.25, 0.3) is 22.6 Å². The molecule has 1 aromatic carbocycles. The van der Waals surface area contributed by atoms with Crippen LogP contribution in [0.2, 0.25) is 0 Å². The van der Waals surface area contributed by atoms with Crippen LogP contribution in [0.4, 0.5) is 0 Å². The maximum atomic E-state index is 13.6. The van der Waals surface area contributed by atoms with Crippen molar-refractivity contribution in [2.24, 2.45) is 0 Å². The number of carbonyl (C=O) groups is 1. The van der Waals surface area contributed by atoms with Crippen molar-refractivity contribution in [2.45, 2.75) is 25.8 Å². The van der Waals surface area contributed by atoms with E-state index in [-0.39, 0.29) is 11.9 Å². The number of aromatic amines is 1. The van der Waals surface area contributed by atoms with Gasteiger partial charge in [0, 0.05) is 35.8 Å². The van der Waals surface area contributed by atoms with Crippen molar-refractivity contribution in [3.63, 3.8) is 0 Å². The van der Waals surface area contributed by atoms with E-state index in [1.807, 2.05) is 54.3 Å². The van der Waals surface area contributed by atoms with Gasteiger partial charge < -0.3 is 9.42 Å². The zero-order chi connectivity index (χ0) is 20.5. The fourth-order valence-electron chi connectivity index (χ4n) is 3.89. The molecule has 0 radical (unpaired) electrons. The van der Waals surface area contributed by atoms with Gasteiger partial charge in [-0.2, -0.15) is 10.1 Å². The van der Waals surface area contributed by atoms with Crippen LogP contribution in [0.5, 0.6) is 0 Å². The average molecular weight is 400 g/mol. The van der Waals surface area contributed by atoms with E-state index in [0.29, 0.717) is 29.5 Å². The molecule has 3 aromatic heterocycles. The third kappa shape index (κ3) is 3.16. The molecule has 0 spiro atoms. The minimum Gasteiger partial charge on any atom is -0.337 e. The molecular weight excluding hydrogens is 380 g/mol. The number of benzene rings is 1. The lowest BCUT2D eigenvalue weighted by Gasteiger charge is -2.22.